The first-order valence-corrected chi connectivity index (χ1v) is 5.85. The Balaban J connectivity index is 2.24. The molecule has 92 valence electrons. The van der Waals surface area contributed by atoms with Gasteiger partial charge in [-0.05, 0) is 25.5 Å². The molecule has 0 radical (unpaired) electrons. The molecule has 3 N–H and O–H groups in total. The quantitative estimate of drug-likeness (QED) is 0.827. The fourth-order valence-corrected chi connectivity index (χ4v) is 1.80. The van der Waals surface area contributed by atoms with E-state index in [2.05, 4.69) is 21.9 Å². The fourth-order valence-electron chi connectivity index (χ4n) is 1.80. The van der Waals surface area contributed by atoms with Crippen LogP contribution in [0, 0.1) is 0 Å². The van der Waals surface area contributed by atoms with Crippen molar-refractivity contribution in [3.8, 4) is 5.88 Å². The van der Waals surface area contributed by atoms with Crippen LogP contribution in [-0.2, 0) is 0 Å². The van der Waals surface area contributed by atoms with Crippen molar-refractivity contribution in [2.75, 3.05) is 13.7 Å². The van der Waals surface area contributed by atoms with Crippen molar-refractivity contribution >= 4 is 11.2 Å². The van der Waals surface area contributed by atoms with Crippen LogP contribution in [0.25, 0.3) is 11.2 Å². The molecule has 0 amide bonds. The summed E-state index contributed by atoms with van der Waals surface area (Å²) < 4.78 is 5.08. The highest BCUT2D eigenvalue weighted by Crippen LogP contribution is 2.21. The van der Waals surface area contributed by atoms with Crippen LogP contribution in [0.2, 0.25) is 0 Å². The number of hydrogen-bond acceptors (Lipinski definition) is 4. The third-order valence-electron chi connectivity index (χ3n) is 2.86. The molecular formula is C12H18N4O. The van der Waals surface area contributed by atoms with E-state index in [-0.39, 0.29) is 0 Å². The number of nitrogens with one attached hydrogen (secondary N) is 1. The first-order valence-electron chi connectivity index (χ1n) is 5.85. The lowest BCUT2D eigenvalue weighted by molar-refractivity contribution is 0.399. The molecule has 17 heavy (non-hydrogen) atoms. The first kappa shape index (κ1) is 11.9. The Bertz CT molecular complexity index is 494. The summed E-state index contributed by atoms with van der Waals surface area (Å²) in [5, 5.41) is 0. The van der Waals surface area contributed by atoms with Crippen LogP contribution in [-0.4, -0.2) is 28.6 Å². The van der Waals surface area contributed by atoms with E-state index < -0.39 is 0 Å². The molecule has 0 spiro atoms. The maximum atomic E-state index is 5.51. The van der Waals surface area contributed by atoms with Gasteiger partial charge < -0.3 is 15.5 Å². The molecule has 0 bridgehead atoms. The Morgan fingerprint density at radius 2 is 2.24 bits per heavy atom. The highest BCUT2D eigenvalue weighted by molar-refractivity contribution is 5.71. The van der Waals surface area contributed by atoms with E-state index in [0.29, 0.717) is 17.4 Å². The maximum absolute atomic E-state index is 5.51. The topological polar surface area (TPSA) is 76.8 Å². The van der Waals surface area contributed by atoms with Crippen molar-refractivity contribution < 1.29 is 4.74 Å². The molecule has 0 aliphatic rings. The van der Waals surface area contributed by atoms with E-state index in [1.165, 1.54) is 0 Å². The molecular weight excluding hydrogens is 216 g/mol. The molecule has 0 aliphatic carbocycles. The predicted molar refractivity (Wildman–Crippen MR) is 67.1 cm³/mol. The Morgan fingerprint density at radius 1 is 1.41 bits per heavy atom. The zero-order valence-electron chi connectivity index (χ0n) is 10.2. The van der Waals surface area contributed by atoms with Crippen LogP contribution in [0.5, 0.6) is 5.88 Å². The van der Waals surface area contributed by atoms with Crippen LogP contribution in [0.4, 0.5) is 0 Å². The molecule has 0 fully saturated rings. The minimum absolute atomic E-state index is 0.374. The SMILES string of the molecule is COc1ccc2[nH]c(C(C)CCCN)nc2n1. The summed E-state index contributed by atoms with van der Waals surface area (Å²) in [6.45, 7) is 2.86. The van der Waals surface area contributed by atoms with E-state index in [9.17, 15) is 0 Å². The standard InChI is InChI=1S/C12H18N4O/c1-8(4-3-7-13)11-14-9-5-6-10(17-2)15-12(9)16-11/h5-6,8H,3-4,7,13H2,1-2H3,(H,14,15,16). The van der Waals surface area contributed by atoms with Crippen LogP contribution < -0.4 is 10.5 Å². The molecule has 1 unspecified atom stereocenters. The molecule has 1 atom stereocenters. The third-order valence-corrected chi connectivity index (χ3v) is 2.86. The Morgan fingerprint density at radius 3 is 2.94 bits per heavy atom. The smallest absolute Gasteiger partial charge is 0.215 e. The maximum Gasteiger partial charge on any atom is 0.215 e. The number of rotatable bonds is 5. The predicted octanol–water partition coefficient (Wildman–Crippen LogP) is 1.81. The summed E-state index contributed by atoms with van der Waals surface area (Å²) in [6.07, 6.45) is 2.04. The molecule has 0 saturated carbocycles. The molecule has 2 heterocycles. The van der Waals surface area contributed by atoms with Gasteiger partial charge in [-0.25, -0.2) is 4.98 Å². The summed E-state index contributed by atoms with van der Waals surface area (Å²) in [5.74, 6) is 1.93. The number of aromatic nitrogens is 3. The van der Waals surface area contributed by atoms with Gasteiger partial charge >= 0.3 is 0 Å². The van der Waals surface area contributed by atoms with Gasteiger partial charge in [-0.15, -0.1) is 0 Å². The number of methoxy groups -OCH3 is 1. The summed E-state index contributed by atoms with van der Waals surface area (Å²) in [7, 11) is 1.60. The fraction of sp³-hybridized carbons (Fsp3) is 0.500. The molecule has 0 aliphatic heterocycles. The largest absolute Gasteiger partial charge is 0.481 e. The second kappa shape index (κ2) is 5.14. The molecule has 5 nitrogen and oxygen atoms in total. The monoisotopic (exact) mass is 234 g/mol. The van der Waals surface area contributed by atoms with E-state index in [0.717, 1.165) is 30.7 Å². The summed E-state index contributed by atoms with van der Waals surface area (Å²) in [4.78, 5) is 12.1. The number of fused-ring (bicyclic) bond motifs is 1. The number of nitrogens with zero attached hydrogens (tertiary/aromatic N) is 2. The molecule has 2 rings (SSSR count). The highest BCUT2D eigenvalue weighted by Gasteiger charge is 2.11. The molecule has 2 aromatic rings. The van der Waals surface area contributed by atoms with Crippen molar-refractivity contribution in [3.63, 3.8) is 0 Å². The van der Waals surface area contributed by atoms with Crippen molar-refractivity contribution in [1.29, 1.82) is 0 Å². The van der Waals surface area contributed by atoms with Gasteiger partial charge in [0.25, 0.3) is 0 Å². The highest BCUT2D eigenvalue weighted by atomic mass is 16.5. The number of ether oxygens (including phenoxy) is 1. The average molecular weight is 234 g/mol. The molecule has 2 aromatic heterocycles. The van der Waals surface area contributed by atoms with Gasteiger partial charge in [-0.1, -0.05) is 6.92 Å². The van der Waals surface area contributed by atoms with E-state index in [1.807, 2.05) is 12.1 Å². The Hall–Kier alpha value is -1.62. The van der Waals surface area contributed by atoms with E-state index in [1.54, 1.807) is 7.11 Å². The number of H-pyrrole nitrogens is 1. The van der Waals surface area contributed by atoms with Crippen molar-refractivity contribution in [2.24, 2.45) is 5.73 Å². The van der Waals surface area contributed by atoms with Crippen LogP contribution in [0.15, 0.2) is 12.1 Å². The van der Waals surface area contributed by atoms with Crippen molar-refractivity contribution in [3.05, 3.63) is 18.0 Å². The molecule has 5 heteroatoms. The van der Waals surface area contributed by atoms with Gasteiger partial charge in [0.05, 0.1) is 12.6 Å². The van der Waals surface area contributed by atoms with Gasteiger partial charge in [-0.3, -0.25) is 0 Å². The lowest BCUT2D eigenvalue weighted by Crippen LogP contribution is -2.03. The second-order valence-corrected chi connectivity index (χ2v) is 4.18. The molecule has 0 aromatic carbocycles. The first-order chi connectivity index (χ1) is 8.24. The minimum atomic E-state index is 0.374. The number of pyridine rings is 1. The number of hydrogen-bond donors (Lipinski definition) is 2. The Kier molecular flexibility index (Phi) is 3.58. The lowest BCUT2D eigenvalue weighted by atomic mass is 10.1. The zero-order valence-corrected chi connectivity index (χ0v) is 10.2. The van der Waals surface area contributed by atoms with E-state index in [4.69, 9.17) is 10.5 Å². The summed E-state index contributed by atoms with van der Waals surface area (Å²) in [6, 6.07) is 3.77. The summed E-state index contributed by atoms with van der Waals surface area (Å²) in [5.41, 5.74) is 7.16. The second-order valence-electron chi connectivity index (χ2n) is 4.18. The van der Waals surface area contributed by atoms with Crippen LogP contribution in [0.3, 0.4) is 0 Å². The lowest BCUT2D eigenvalue weighted by Gasteiger charge is -2.05. The van der Waals surface area contributed by atoms with Gasteiger partial charge in [0, 0.05) is 12.0 Å². The normalized spacial score (nSPS) is 12.9. The zero-order chi connectivity index (χ0) is 12.3. The minimum Gasteiger partial charge on any atom is -0.481 e. The van der Waals surface area contributed by atoms with Gasteiger partial charge in [0.2, 0.25) is 5.88 Å². The van der Waals surface area contributed by atoms with Crippen molar-refractivity contribution in [2.45, 2.75) is 25.7 Å². The third kappa shape index (κ3) is 2.55. The Labute approximate surface area is 100 Å². The van der Waals surface area contributed by atoms with Crippen LogP contribution in [0.1, 0.15) is 31.5 Å². The average Bonchev–Trinajstić information content (AvgIpc) is 2.78. The van der Waals surface area contributed by atoms with Crippen molar-refractivity contribution in [1.82, 2.24) is 15.0 Å². The van der Waals surface area contributed by atoms with Gasteiger partial charge in [0.1, 0.15) is 5.82 Å². The summed E-state index contributed by atoms with van der Waals surface area (Å²) >= 11 is 0. The number of aromatic amines is 1. The molecule has 0 saturated heterocycles. The van der Waals surface area contributed by atoms with Gasteiger partial charge in [-0.2, -0.15) is 4.98 Å². The van der Waals surface area contributed by atoms with Gasteiger partial charge in [0.15, 0.2) is 5.65 Å². The van der Waals surface area contributed by atoms with E-state index >= 15 is 0 Å². The number of nitrogens with two attached hydrogens (primary N) is 1. The number of imidazole rings is 1. The van der Waals surface area contributed by atoms with Crippen LogP contribution >= 0.6 is 0 Å².